The molecular formula is C30H43N. The van der Waals surface area contributed by atoms with Gasteiger partial charge in [0.25, 0.3) is 0 Å². The molecule has 0 N–H and O–H groups in total. The molecule has 3 rings (SSSR count). The van der Waals surface area contributed by atoms with E-state index < -0.39 is 0 Å². The maximum atomic E-state index is 4.67. The second kappa shape index (κ2) is 13.5. The first-order chi connectivity index (χ1) is 15.3. The molecule has 1 heteroatoms. The van der Waals surface area contributed by atoms with E-state index in [0.29, 0.717) is 0 Å². The first-order valence-electron chi connectivity index (χ1n) is 13.0. The number of aryl methyl sites for hydroxylation is 2. The van der Waals surface area contributed by atoms with Crippen LogP contribution < -0.4 is 0 Å². The van der Waals surface area contributed by atoms with Crippen molar-refractivity contribution in [2.24, 2.45) is 11.8 Å². The molecule has 1 aliphatic carbocycles. The molecule has 0 saturated heterocycles. The number of allylic oxidation sites excluding steroid dienone is 2. The topological polar surface area (TPSA) is 12.9 Å². The molecule has 0 unspecified atom stereocenters. The zero-order valence-corrected chi connectivity index (χ0v) is 20.0. The zero-order chi connectivity index (χ0) is 21.7. The predicted octanol–water partition coefficient (Wildman–Crippen LogP) is 8.97. The van der Waals surface area contributed by atoms with Gasteiger partial charge in [0.05, 0.1) is 5.69 Å². The van der Waals surface area contributed by atoms with Crippen molar-refractivity contribution in [2.75, 3.05) is 0 Å². The Morgan fingerprint density at radius 3 is 2.23 bits per heavy atom. The Morgan fingerprint density at radius 1 is 0.806 bits per heavy atom. The van der Waals surface area contributed by atoms with E-state index in [0.717, 1.165) is 36.8 Å². The van der Waals surface area contributed by atoms with Gasteiger partial charge in [-0.15, -0.1) is 0 Å². The van der Waals surface area contributed by atoms with Gasteiger partial charge in [-0.2, -0.15) is 0 Å². The van der Waals surface area contributed by atoms with Crippen LogP contribution in [0.3, 0.4) is 0 Å². The number of hydrogen-bond donors (Lipinski definition) is 0. The molecule has 1 saturated carbocycles. The summed E-state index contributed by atoms with van der Waals surface area (Å²) in [7, 11) is 0. The fourth-order valence-electron chi connectivity index (χ4n) is 4.86. The van der Waals surface area contributed by atoms with Crippen molar-refractivity contribution in [3.63, 3.8) is 0 Å². The van der Waals surface area contributed by atoms with Crippen molar-refractivity contribution >= 4 is 0 Å². The average molecular weight is 418 g/mol. The van der Waals surface area contributed by atoms with Gasteiger partial charge < -0.3 is 0 Å². The summed E-state index contributed by atoms with van der Waals surface area (Å²) in [6, 6.07) is 13.4. The fourth-order valence-corrected chi connectivity index (χ4v) is 4.86. The lowest BCUT2D eigenvalue weighted by atomic mass is 9.79. The summed E-state index contributed by atoms with van der Waals surface area (Å²) in [6.45, 7) is 4.54. The quantitative estimate of drug-likeness (QED) is 0.248. The van der Waals surface area contributed by atoms with Crippen LogP contribution in [0.15, 0.2) is 54.7 Å². The van der Waals surface area contributed by atoms with Gasteiger partial charge in [0.15, 0.2) is 0 Å². The molecule has 1 fully saturated rings. The second-order valence-electron chi connectivity index (χ2n) is 9.60. The molecule has 0 radical (unpaired) electrons. The lowest BCUT2D eigenvalue weighted by Gasteiger charge is -2.26. The molecule has 1 heterocycles. The number of unbranched alkanes of at least 4 members (excludes halogenated alkanes) is 3. The third-order valence-corrected chi connectivity index (χ3v) is 7.01. The van der Waals surface area contributed by atoms with E-state index >= 15 is 0 Å². The van der Waals surface area contributed by atoms with Gasteiger partial charge in [0.2, 0.25) is 0 Å². The maximum Gasteiger partial charge on any atom is 0.0702 e. The van der Waals surface area contributed by atoms with Crippen LogP contribution in [0.2, 0.25) is 0 Å². The van der Waals surface area contributed by atoms with E-state index in [2.05, 4.69) is 67.4 Å². The van der Waals surface area contributed by atoms with Crippen molar-refractivity contribution < 1.29 is 0 Å². The van der Waals surface area contributed by atoms with E-state index in [4.69, 9.17) is 0 Å². The van der Waals surface area contributed by atoms with E-state index in [9.17, 15) is 0 Å². The molecule has 0 aliphatic heterocycles. The SMILES string of the molecule is CCCCCC1CCC(C=CCCc2ccc(-c3ccc(CCCC)cn3)cc2)CC1. The van der Waals surface area contributed by atoms with Crippen LogP contribution in [0.1, 0.15) is 95.6 Å². The monoisotopic (exact) mass is 417 g/mol. The summed E-state index contributed by atoms with van der Waals surface area (Å²) >= 11 is 0. The van der Waals surface area contributed by atoms with Crippen molar-refractivity contribution in [1.29, 1.82) is 0 Å². The Labute approximate surface area is 191 Å². The van der Waals surface area contributed by atoms with E-state index in [1.54, 1.807) is 0 Å². The van der Waals surface area contributed by atoms with Gasteiger partial charge in [-0.05, 0) is 80.4 Å². The van der Waals surface area contributed by atoms with E-state index in [1.807, 2.05) is 6.20 Å². The van der Waals surface area contributed by atoms with Gasteiger partial charge in [-0.25, -0.2) is 0 Å². The molecule has 31 heavy (non-hydrogen) atoms. The van der Waals surface area contributed by atoms with Crippen LogP contribution in [-0.4, -0.2) is 4.98 Å². The summed E-state index contributed by atoms with van der Waals surface area (Å²) in [4.78, 5) is 4.67. The van der Waals surface area contributed by atoms with Gasteiger partial charge >= 0.3 is 0 Å². The van der Waals surface area contributed by atoms with E-state index in [-0.39, 0.29) is 0 Å². The minimum atomic E-state index is 0.830. The van der Waals surface area contributed by atoms with Crippen LogP contribution in [0, 0.1) is 11.8 Å². The highest BCUT2D eigenvalue weighted by Gasteiger charge is 2.18. The molecule has 0 atom stereocenters. The summed E-state index contributed by atoms with van der Waals surface area (Å²) < 4.78 is 0. The van der Waals surface area contributed by atoms with Gasteiger partial charge in [-0.1, -0.05) is 88.4 Å². The second-order valence-corrected chi connectivity index (χ2v) is 9.60. The molecule has 1 aliphatic rings. The summed E-state index contributed by atoms with van der Waals surface area (Å²) in [5, 5.41) is 0. The zero-order valence-electron chi connectivity index (χ0n) is 20.0. The minimum absolute atomic E-state index is 0.830. The van der Waals surface area contributed by atoms with Gasteiger partial charge in [0, 0.05) is 11.8 Å². The Balaban J connectivity index is 1.38. The molecule has 0 spiro atoms. The highest BCUT2D eigenvalue weighted by atomic mass is 14.7. The molecule has 1 aromatic heterocycles. The lowest BCUT2D eigenvalue weighted by Crippen LogP contribution is -2.13. The number of aromatic nitrogens is 1. The summed E-state index contributed by atoms with van der Waals surface area (Å²) in [6.07, 6.45) is 24.3. The highest BCUT2D eigenvalue weighted by Crippen LogP contribution is 2.32. The molecule has 1 nitrogen and oxygen atoms in total. The largest absolute Gasteiger partial charge is 0.256 e. The minimum Gasteiger partial charge on any atom is -0.256 e. The van der Waals surface area contributed by atoms with E-state index in [1.165, 1.54) is 80.9 Å². The van der Waals surface area contributed by atoms with Crippen LogP contribution >= 0.6 is 0 Å². The number of nitrogens with zero attached hydrogens (tertiary/aromatic N) is 1. The Hall–Kier alpha value is -1.89. The molecule has 2 aromatic rings. The Kier molecular flexibility index (Phi) is 10.4. The first kappa shape index (κ1) is 23.8. The normalized spacial score (nSPS) is 19.2. The van der Waals surface area contributed by atoms with Crippen LogP contribution in [-0.2, 0) is 12.8 Å². The number of benzene rings is 1. The van der Waals surface area contributed by atoms with Crippen molar-refractivity contribution in [2.45, 2.75) is 97.3 Å². The predicted molar refractivity (Wildman–Crippen MR) is 135 cm³/mol. The molecule has 0 amide bonds. The van der Waals surface area contributed by atoms with Crippen LogP contribution in [0.25, 0.3) is 11.3 Å². The lowest BCUT2D eigenvalue weighted by molar-refractivity contribution is 0.289. The third-order valence-electron chi connectivity index (χ3n) is 7.01. The highest BCUT2D eigenvalue weighted by molar-refractivity contribution is 5.59. The third kappa shape index (κ3) is 8.28. The maximum absolute atomic E-state index is 4.67. The average Bonchev–Trinajstić information content (AvgIpc) is 2.82. The number of hydrogen-bond acceptors (Lipinski definition) is 1. The first-order valence-corrected chi connectivity index (χ1v) is 13.0. The van der Waals surface area contributed by atoms with Crippen LogP contribution in [0.4, 0.5) is 0 Å². The smallest absolute Gasteiger partial charge is 0.0702 e. The molecule has 168 valence electrons. The number of pyridine rings is 1. The summed E-state index contributed by atoms with van der Waals surface area (Å²) in [5.74, 6) is 1.84. The Morgan fingerprint density at radius 2 is 1.55 bits per heavy atom. The summed E-state index contributed by atoms with van der Waals surface area (Å²) in [5.41, 5.74) is 5.07. The molecule has 1 aromatic carbocycles. The van der Waals surface area contributed by atoms with Gasteiger partial charge in [0.1, 0.15) is 0 Å². The molecular weight excluding hydrogens is 374 g/mol. The Bertz CT molecular complexity index is 748. The van der Waals surface area contributed by atoms with Crippen LogP contribution in [0.5, 0.6) is 0 Å². The molecule has 0 bridgehead atoms. The fraction of sp³-hybridized carbons (Fsp3) is 0.567. The van der Waals surface area contributed by atoms with Crippen molar-refractivity contribution in [1.82, 2.24) is 4.98 Å². The van der Waals surface area contributed by atoms with Crippen molar-refractivity contribution in [3.8, 4) is 11.3 Å². The number of rotatable bonds is 12. The van der Waals surface area contributed by atoms with Gasteiger partial charge in [-0.3, -0.25) is 4.98 Å². The standard InChI is InChI=1S/C30H43N/c1-3-5-7-11-25-14-16-26(17-15-25)12-8-9-13-27-18-21-29(22-19-27)30-23-20-28(24-31-30)10-6-4-2/h8,12,18-26H,3-7,9-11,13-17H2,1-2H3. The van der Waals surface area contributed by atoms with Crippen molar-refractivity contribution in [3.05, 3.63) is 65.9 Å².